The van der Waals surface area contributed by atoms with E-state index in [9.17, 15) is 8.42 Å². The quantitative estimate of drug-likeness (QED) is 0.247. The first-order valence-corrected chi connectivity index (χ1v) is 17.4. The van der Waals surface area contributed by atoms with Crippen molar-refractivity contribution in [1.29, 1.82) is 0 Å². The number of hydrogen-bond donors (Lipinski definition) is 0. The number of aryl methyl sites for hydroxylation is 1. The monoisotopic (exact) mass is 570 g/mol. The molecule has 9 atom stereocenters. The Hall–Kier alpha value is -1.21. The summed E-state index contributed by atoms with van der Waals surface area (Å²) in [7, 11) is -3.73. The standard InChI is InChI=1S/C34H50O5S/c1-23-8-11-27(12-9-23)40(35,36)38-22-24(2)29-14-15-30-28-13-10-25-21-26(39-32-7-5-6-20-37-32)16-18-33(25,3)31(28)17-19-34(29,30)4/h8-12,24,26,28-32H,5-7,13-22H2,1-4H3/t24-,26+,28+,29-,30+,31+,32?,33+,34-/m1/s1. The van der Waals surface area contributed by atoms with Gasteiger partial charge in [-0.15, -0.1) is 0 Å². The third kappa shape index (κ3) is 5.24. The second-order valence-electron chi connectivity index (χ2n) is 14.3. The average Bonchev–Trinajstić information content (AvgIpc) is 3.30. The number of fused-ring (bicyclic) bond motifs is 5. The van der Waals surface area contributed by atoms with Gasteiger partial charge in [-0.05, 0) is 130 Å². The van der Waals surface area contributed by atoms with Crippen molar-refractivity contribution >= 4 is 10.1 Å². The van der Waals surface area contributed by atoms with Crippen molar-refractivity contribution in [3.05, 3.63) is 41.5 Å². The molecule has 1 heterocycles. The van der Waals surface area contributed by atoms with E-state index < -0.39 is 10.1 Å². The molecule has 5 aliphatic rings. The van der Waals surface area contributed by atoms with E-state index in [-0.39, 0.29) is 29.1 Å². The summed E-state index contributed by atoms with van der Waals surface area (Å²) in [5.74, 6) is 2.92. The summed E-state index contributed by atoms with van der Waals surface area (Å²) < 4.78 is 43.7. The van der Waals surface area contributed by atoms with E-state index >= 15 is 0 Å². The highest BCUT2D eigenvalue weighted by atomic mass is 32.2. The van der Waals surface area contributed by atoms with Crippen LogP contribution in [0.4, 0.5) is 0 Å². The Balaban J connectivity index is 1.11. The van der Waals surface area contributed by atoms with E-state index in [0.717, 1.165) is 49.7 Å². The Morgan fingerprint density at radius 2 is 1.80 bits per heavy atom. The van der Waals surface area contributed by atoms with E-state index in [2.05, 4.69) is 26.8 Å². The highest BCUT2D eigenvalue weighted by molar-refractivity contribution is 7.86. The first-order valence-electron chi connectivity index (χ1n) is 16.0. The van der Waals surface area contributed by atoms with Crippen LogP contribution in [0.2, 0.25) is 0 Å². The number of allylic oxidation sites excluding steroid dienone is 1. The molecule has 1 aromatic rings. The Morgan fingerprint density at radius 1 is 1.00 bits per heavy atom. The predicted molar refractivity (Wildman–Crippen MR) is 157 cm³/mol. The zero-order valence-corrected chi connectivity index (χ0v) is 25.9. The molecular weight excluding hydrogens is 520 g/mol. The fraction of sp³-hybridized carbons (Fsp3) is 0.765. The zero-order valence-electron chi connectivity index (χ0n) is 25.1. The number of rotatable bonds is 7. The highest BCUT2D eigenvalue weighted by Crippen LogP contribution is 2.67. The van der Waals surface area contributed by atoms with Crippen LogP contribution in [0.15, 0.2) is 40.8 Å². The second-order valence-corrected chi connectivity index (χ2v) is 15.9. The smallest absolute Gasteiger partial charge is 0.296 e. The molecule has 0 spiro atoms. The van der Waals surface area contributed by atoms with Gasteiger partial charge in [-0.1, -0.05) is 50.1 Å². The molecular formula is C34H50O5S. The van der Waals surface area contributed by atoms with Crippen LogP contribution in [0.1, 0.15) is 97.0 Å². The minimum Gasteiger partial charge on any atom is -0.353 e. The predicted octanol–water partition coefficient (Wildman–Crippen LogP) is 7.83. The van der Waals surface area contributed by atoms with Crippen LogP contribution in [0.5, 0.6) is 0 Å². The maximum absolute atomic E-state index is 12.9. The van der Waals surface area contributed by atoms with E-state index in [1.807, 2.05) is 19.1 Å². The van der Waals surface area contributed by atoms with Gasteiger partial charge in [-0.2, -0.15) is 8.42 Å². The van der Waals surface area contributed by atoms with Gasteiger partial charge >= 0.3 is 0 Å². The van der Waals surface area contributed by atoms with Gasteiger partial charge in [0.2, 0.25) is 0 Å². The summed E-state index contributed by atoms with van der Waals surface area (Å²) in [6.45, 7) is 10.4. The molecule has 4 aliphatic carbocycles. The lowest BCUT2D eigenvalue weighted by molar-refractivity contribution is -0.195. The number of benzene rings is 1. The summed E-state index contributed by atoms with van der Waals surface area (Å²) in [5.41, 5.74) is 3.26. The SMILES string of the molecule is Cc1ccc(S(=O)(=O)OC[C@@H](C)[C@H]2CC[C@H]3[C@@H]4CC=C5C[C@@H](OC6CCCCO6)CC[C@]5(C)[C@H]4CC[C@]23C)cc1. The number of ether oxygens (including phenoxy) is 2. The maximum atomic E-state index is 12.9. The largest absolute Gasteiger partial charge is 0.353 e. The third-order valence-corrected chi connectivity index (χ3v) is 13.4. The van der Waals surface area contributed by atoms with Crippen molar-refractivity contribution < 1.29 is 22.1 Å². The molecule has 4 fully saturated rings. The Labute approximate surface area is 242 Å². The van der Waals surface area contributed by atoms with Crippen LogP contribution in [-0.2, 0) is 23.8 Å². The summed E-state index contributed by atoms with van der Waals surface area (Å²) >= 11 is 0. The minimum atomic E-state index is -3.73. The van der Waals surface area contributed by atoms with Gasteiger partial charge in [0.05, 0.1) is 17.6 Å². The molecule has 6 rings (SSSR count). The lowest BCUT2D eigenvalue weighted by Crippen LogP contribution is -2.51. The van der Waals surface area contributed by atoms with E-state index in [4.69, 9.17) is 13.7 Å². The van der Waals surface area contributed by atoms with Gasteiger partial charge in [0, 0.05) is 6.61 Å². The van der Waals surface area contributed by atoms with Gasteiger partial charge in [0.15, 0.2) is 6.29 Å². The lowest BCUT2D eigenvalue weighted by Gasteiger charge is -2.58. The molecule has 6 heteroatoms. The molecule has 0 N–H and O–H groups in total. The van der Waals surface area contributed by atoms with Gasteiger partial charge in [0.25, 0.3) is 10.1 Å². The molecule has 0 amide bonds. The second kappa shape index (κ2) is 11.1. The fourth-order valence-corrected chi connectivity index (χ4v) is 10.8. The van der Waals surface area contributed by atoms with E-state index in [0.29, 0.717) is 23.4 Å². The van der Waals surface area contributed by atoms with Gasteiger partial charge in [0.1, 0.15) is 0 Å². The fourth-order valence-electron chi connectivity index (χ4n) is 9.84. The van der Waals surface area contributed by atoms with Crippen molar-refractivity contribution in [2.45, 2.75) is 116 Å². The molecule has 1 saturated heterocycles. The Bertz CT molecular complexity index is 1190. The van der Waals surface area contributed by atoms with Crippen LogP contribution in [0.3, 0.4) is 0 Å². The average molecular weight is 571 g/mol. The van der Waals surface area contributed by atoms with Crippen LogP contribution in [0.25, 0.3) is 0 Å². The minimum absolute atomic E-state index is 0.00343. The van der Waals surface area contributed by atoms with Crippen molar-refractivity contribution in [3.8, 4) is 0 Å². The lowest BCUT2D eigenvalue weighted by atomic mass is 9.47. The van der Waals surface area contributed by atoms with Crippen molar-refractivity contribution in [1.82, 2.24) is 0 Å². The zero-order chi connectivity index (χ0) is 28.1. The van der Waals surface area contributed by atoms with E-state index in [1.54, 1.807) is 17.7 Å². The van der Waals surface area contributed by atoms with Gasteiger partial charge in [-0.25, -0.2) is 0 Å². The van der Waals surface area contributed by atoms with Crippen molar-refractivity contribution in [2.75, 3.05) is 13.2 Å². The Kier molecular flexibility index (Phi) is 8.04. The van der Waals surface area contributed by atoms with Crippen molar-refractivity contribution in [2.24, 2.45) is 40.4 Å². The van der Waals surface area contributed by atoms with Crippen LogP contribution >= 0.6 is 0 Å². The molecule has 5 nitrogen and oxygen atoms in total. The highest BCUT2D eigenvalue weighted by Gasteiger charge is 2.59. The van der Waals surface area contributed by atoms with Crippen LogP contribution < -0.4 is 0 Å². The normalized spacial score (nSPS) is 40.5. The molecule has 1 aliphatic heterocycles. The van der Waals surface area contributed by atoms with Gasteiger partial charge in [-0.3, -0.25) is 4.18 Å². The molecule has 0 aromatic heterocycles. The summed E-state index contributed by atoms with van der Waals surface area (Å²) in [6.07, 6.45) is 16.0. The van der Waals surface area contributed by atoms with Crippen molar-refractivity contribution in [3.63, 3.8) is 0 Å². The molecule has 3 saturated carbocycles. The Morgan fingerprint density at radius 3 is 2.55 bits per heavy atom. The molecule has 222 valence electrons. The van der Waals surface area contributed by atoms with Crippen LogP contribution in [0, 0.1) is 47.3 Å². The molecule has 1 unspecified atom stereocenters. The topological polar surface area (TPSA) is 61.8 Å². The number of hydrogen-bond acceptors (Lipinski definition) is 5. The van der Waals surface area contributed by atoms with Gasteiger partial charge < -0.3 is 9.47 Å². The first kappa shape index (κ1) is 28.9. The molecule has 0 bridgehead atoms. The van der Waals surface area contributed by atoms with Crippen LogP contribution in [-0.4, -0.2) is 34.0 Å². The molecule has 0 radical (unpaired) electrons. The molecule has 40 heavy (non-hydrogen) atoms. The molecule has 1 aromatic carbocycles. The summed E-state index contributed by atoms with van der Waals surface area (Å²) in [5, 5.41) is 0. The third-order valence-electron chi connectivity index (χ3n) is 12.1. The summed E-state index contributed by atoms with van der Waals surface area (Å²) in [4.78, 5) is 0.255. The maximum Gasteiger partial charge on any atom is 0.296 e. The summed E-state index contributed by atoms with van der Waals surface area (Å²) in [6, 6.07) is 6.96. The van der Waals surface area contributed by atoms with E-state index in [1.165, 1.54) is 44.9 Å². The first-order chi connectivity index (χ1) is 19.1.